The lowest BCUT2D eigenvalue weighted by Gasteiger charge is -2.34. The normalized spacial score (nSPS) is 13.4. The van der Waals surface area contributed by atoms with E-state index in [1.54, 1.807) is 66.2 Å². The van der Waals surface area contributed by atoms with Crippen molar-refractivity contribution in [3.63, 3.8) is 0 Å². The van der Waals surface area contributed by atoms with Gasteiger partial charge in [0.05, 0.1) is 46.1 Å². The van der Waals surface area contributed by atoms with Crippen molar-refractivity contribution in [3.8, 4) is 5.69 Å². The third-order valence-corrected chi connectivity index (χ3v) is 8.65. The number of aliphatic hydroxyl groups is 1. The molecule has 0 saturated carbocycles. The number of benzene rings is 4. The molecule has 0 bridgehead atoms. The Kier molecular flexibility index (Phi) is 10.4. The van der Waals surface area contributed by atoms with Gasteiger partial charge in [0.2, 0.25) is 5.91 Å². The summed E-state index contributed by atoms with van der Waals surface area (Å²) in [6.45, 7) is -0.385. The number of amides is 3. The van der Waals surface area contributed by atoms with Crippen LogP contribution in [0, 0.1) is 6.92 Å². The number of hydrogen-bond acceptors (Lipinski definition) is 6. The van der Waals surface area contributed by atoms with Crippen molar-refractivity contribution in [2.75, 3.05) is 25.5 Å². The number of hydrogen-bond donors (Lipinski definition) is 4. The number of aryl methyl sites for hydroxylation is 1. The van der Waals surface area contributed by atoms with Gasteiger partial charge in [0, 0.05) is 23.7 Å². The van der Waals surface area contributed by atoms with E-state index in [1.807, 2.05) is 0 Å². The average molecular weight is 728 g/mol. The zero-order valence-electron chi connectivity index (χ0n) is 26.6. The molecule has 0 fully saturated rings. The number of carbonyl (C=O) groups excluding carboxylic acids is 3. The van der Waals surface area contributed by atoms with Gasteiger partial charge in [0.1, 0.15) is 6.04 Å². The Hall–Kier alpha value is -5.11. The third kappa shape index (κ3) is 7.54. The van der Waals surface area contributed by atoms with Crippen LogP contribution < -0.4 is 16.4 Å². The number of rotatable bonds is 11. The van der Waals surface area contributed by atoms with Gasteiger partial charge in [0.15, 0.2) is 5.60 Å². The van der Waals surface area contributed by atoms with E-state index in [2.05, 4.69) is 15.7 Å². The minimum Gasteiger partial charge on any atom is -0.381 e. The minimum atomic E-state index is -5.14. The van der Waals surface area contributed by atoms with Crippen molar-refractivity contribution in [2.45, 2.75) is 24.7 Å². The van der Waals surface area contributed by atoms with Crippen molar-refractivity contribution in [2.24, 2.45) is 5.73 Å². The molecule has 3 amide bonds. The number of fused-ring (bicyclic) bond motifs is 1. The molecular weight excluding hydrogens is 696 g/mol. The van der Waals surface area contributed by atoms with Crippen molar-refractivity contribution in [1.29, 1.82) is 0 Å². The third-order valence-electron chi connectivity index (χ3n) is 8.02. The van der Waals surface area contributed by atoms with Gasteiger partial charge < -0.3 is 26.4 Å². The molecule has 0 aliphatic heterocycles. The molecule has 10 nitrogen and oxygen atoms in total. The molecular formula is C35H31Cl2F3N6O4. The van der Waals surface area contributed by atoms with E-state index >= 15 is 0 Å². The van der Waals surface area contributed by atoms with Gasteiger partial charge in [-0.3, -0.25) is 14.4 Å². The smallest absolute Gasteiger partial charge is 0.381 e. The Balaban J connectivity index is 1.36. The monoisotopic (exact) mass is 726 g/mol. The van der Waals surface area contributed by atoms with Gasteiger partial charge in [-0.25, -0.2) is 4.68 Å². The van der Waals surface area contributed by atoms with Gasteiger partial charge >= 0.3 is 6.18 Å². The summed E-state index contributed by atoms with van der Waals surface area (Å²) in [4.78, 5) is 38.8. The fraction of sp³-hybridized carbons (Fsp3) is 0.200. The number of nitrogens with one attached hydrogen (secondary N) is 2. The van der Waals surface area contributed by atoms with Crippen molar-refractivity contribution in [3.05, 3.63) is 123 Å². The molecule has 2 atom stereocenters. The Labute approximate surface area is 294 Å². The van der Waals surface area contributed by atoms with Crippen LogP contribution in [0.4, 0.5) is 18.9 Å². The number of carbonyl (C=O) groups is 3. The van der Waals surface area contributed by atoms with E-state index in [0.29, 0.717) is 32.6 Å². The van der Waals surface area contributed by atoms with Crippen LogP contribution in [0.3, 0.4) is 0 Å². The summed E-state index contributed by atoms with van der Waals surface area (Å²) < 4.78 is 44.6. The van der Waals surface area contributed by atoms with Gasteiger partial charge in [-0.2, -0.15) is 18.3 Å². The van der Waals surface area contributed by atoms with Crippen molar-refractivity contribution in [1.82, 2.24) is 20.0 Å². The van der Waals surface area contributed by atoms with Crippen LogP contribution in [0.15, 0.2) is 91.1 Å². The van der Waals surface area contributed by atoms with E-state index in [0.717, 1.165) is 7.05 Å². The first kappa shape index (κ1) is 36.2. The number of anilines is 1. The Bertz CT molecular complexity index is 2040. The summed E-state index contributed by atoms with van der Waals surface area (Å²) in [6, 6.07) is 21.5. The highest BCUT2D eigenvalue weighted by molar-refractivity contribution is 6.39. The standard InChI is InChI=1S/C35H31Cl2F3N6O4/c1-20-15-27(42-18-34(50,35(38,39)40)19-45(2)33(49)29-25(36)9-6-10-26(29)37)24-17-43-46(28(24)16-20)23-13-11-22(12-14-23)32(48)44-30(31(41)47)21-7-4-3-5-8-21/h3-17,30,42,50H,18-19H2,1-2H3,(H2,41,47)(H,44,48)/t30-,34?/m0/s1. The highest BCUT2D eigenvalue weighted by Gasteiger charge is 2.54. The fourth-order valence-electron chi connectivity index (χ4n) is 5.40. The predicted molar refractivity (Wildman–Crippen MR) is 185 cm³/mol. The molecule has 5 N–H and O–H groups in total. The largest absolute Gasteiger partial charge is 0.420 e. The second kappa shape index (κ2) is 14.4. The lowest BCUT2D eigenvalue weighted by molar-refractivity contribution is -0.256. The first-order chi connectivity index (χ1) is 23.6. The number of nitrogens with two attached hydrogens (primary N) is 1. The number of nitrogens with zero attached hydrogens (tertiary/aromatic N) is 3. The molecule has 1 heterocycles. The van der Waals surface area contributed by atoms with Gasteiger partial charge in [-0.1, -0.05) is 59.6 Å². The second-order valence-corrected chi connectivity index (χ2v) is 12.5. The van der Waals surface area contributed by atoms with Crippen LogP contribution in [-0.2, 0) is 4.79 Å². The van der Waals surface area contributed by atoms with E-state index in [-0.39, 0.29) is 26.9 Å². The zero-order valence-corrected chi connectivity index (χ0v) is 28.1. The van der Waals surface area contributed by atoms with Crippen LogP contribution in [0.1, 0.15) is 37.9 Å². The van der Waals surface area contributed by atoms with Crippen LogP contribution in [-0.4, -0.2) is 69.4 Å². The van der Waals surface area contributed by atoms with Gasteiger partial charge in [0.25, 0.3) is 11.8 Å². The number of halogens is 5. The first-order valence-electron chi connectivity index (χ1n) is 15.1. The summed E-state index contributed by atoms with van der Waals surface area (Å²) in [6.07, 6.45) is -3.69. The molecule has 4 aromatic carbocycles. The quantitative estimate of drug-likeness (QED) is 0.130. The molecule has 15 heteroatoms. The van der Waals surface area contributed by atoms with E-state index < -0.39 is 48.6 Å². The fourth-order valence-corrected chi connectivity index (χ4v) is 5.96. The second-order valence-electron chi connectivity index (χ2n) is 11.7. The van der Waals surface area contributed by atoms with Crippen LogP contribution in [0.5, 0.6) is 0 Å². The molecule has 1 unspecified atom stereocenters. The molecule has 0 aliphatic carbocycles. The molecule has 50 heavy (non-hydrogen) atoms. The molecule has 0 saturated heterocycles. The molecule has 260 valence electrons. The SMILES string of the molecule is Cc1cc(NCC(O)(CN(C)C(=O)c2c(Cl)cccc2Cl)C(F)(F)F)c2cnn(-c3ccc(C(=O)N[C@H](C(N)=O)c4ccccc4)cc3)c2c1. The van der Waals surface area contributed by atoms with Crippen LogP contribution in [0.25, 0.3) is 16.6 Å². The lowest BCUT2D eigenvalue weighted by atomic mass is 10.0. The molecule has 1 aromatic heterocycles. The number of alkyl halides is 3. The van der Waals surface area contributed by atoms with E-state index in [9.17, 15) is 32.7 Å². The lowest BCUT2D eigenvalue weighted by Crippen LogP contribution is -2.58. The summed E-state index contributed by atoms with van der Waals surface area (Å²) in [5, 5.41) is 21.1. The Morgan fingerprint density at radius 1 is 0.980 bits per heavy atom. The molecule has 0 aliphatic rings. The van der Waals surface area contributed by atoms with E-state index in [4.69, 9.17) is 28.9 Å². The molecule has 5 aromatic rings. The average Bonchev–Trinajstić information content (AvgIpc) is 3.49. The summed E-state index contributed by atoms with van der Waals surface area (Å²) in [5.74, 6) is -2.15. The number of likely N-dealkylation sites (N-methyl/N-ethyl adjacent to an activating group) is 1. The summed E-state index contributed by atoms with van der Waals surface area (Å²) in [5.41, 5.74) is 4.74. The van der Waals surface area contributed by atoms with Crippen LogP contribution in [0.2, 0.25) is 10.0 Å². The maximum absolute atomic E-state index is 14.3. The van der Waals surface area contributed by atoms with Crippen LogP contribution >= 0.6 is 23.2 Å². The van der Waals surface area contributed by atoms with E-state index in [1.165, 1.54) is 36.5 Å². The first-order valence-corrected chi connectivity index (χ1v) is 15.8. The maximum atomic E-state index is 14.3. The number of primary amides is 1. The van der Waals surface area contributed by atoms with Gasteiger partial charge in [-0.15, -0.1) is 0 Å². The van der Waals surface area contributed by atoms with Crippen molar-refractivity contribution < 1.29 is 32.7 Å². The summed E-state index contributed by atoms with van der Waals surface area (Å²) >= 11 is 12.2. The molecule has 0 radical (unpaired) electrons. The Morgan fingerprint density at radius 3 is 2.22 bits per heavy atom. The van der Waals surface area contributed by atoms with Gasteiger partial charge in [-0.05, 0) is 66.6 Å². The Morgan fingerprint density at radius 2 is 1.62 bits per heavy atom. The highest BCUT2D eigenvalue weighted by atomic mass is 35.5. The topological polar surface area (TPSA) is 143 Å². The maximum Gasteiger partial charge on any atom is 0.420 e. The predicted octanol–water partition coefficient (Wildman–Crippen LogP) is 6.07. The summed E-state index contributed by atoms with van der Waals surface area (Å²) in [7, 11) is 1.11. The number of aromatic nitrogens is 2. The zero-order chi connectivity index (χ0) is 36.4. The molecule has 5 rings (SSSR count). The van der Waals surface area contributed by atoms with Crippen molar-refractivity contribution >= 4 is 57.5 Å². The minimum absolute atomic E-state index is 0.0418. The highest BCUT2D eigenvalue weighted by Crippen LogP contribution is 2.34. The molecule has 0 spiro atoms.